The van der Waals surface area contributed by atoms with Crippen LogP contribution in [0.4, 0.5) is 0 Å². The molecule has 0 bridgehead atoms. The second-order valence-corrected chi connectivity index (χ2v) is 11.3. The molecular formula is C21H25NO4S2. The van der Waals surface area contributed by atoms with Crippen LogP contribution in [0.1, 0.15) is 27.2 Å². The Kier molecular flexibility index (Phi) is 5.42. The molecule has 0 spiro atoms. The Morgan fingerprint density at radius 3 is 1.75 bits per heavy atom. The van der Waals surface area contributed by atoms with Crippen molar-refractivity contribution in [3.8, 4) is 0 Å². The van der Waals surface area contributed by atoms with Crippen LogP contribution in [0.3, 0.4) is 0 Å². The number of allylic oxidation sites excluding steroid dienone is 1. The molecule has 0 N–H and O–H groups in total. The van der Waals surface area contributed by atoms with Crippen LogP contribution < -0.4 is 0 Å². The van der Waals surface area contributed by atoms with Crippen molar-refractivity contribution in [3.05, 3.63) is 71.3 Å². The largest absolute Gasteiger partial charge is 0.373 e. The Balaban J connectivity index is 2.21. The SMILES string of the molecule is CCN(CC)C1=C(S(=O)(=O)c2ccccc2)CC1(C)S(=O)(=O)c1ccccc1. The minimum Gasteiger partial charge on any atom is -0.373 e. The van der Waals surface area contributed by atoms with Gasteiger partial charge >= 0.3 is 0 Å². The fourth-order valence-electron chi connectivity index (χ4n) is 3.76. The summed E-state index contributed by atoms with van der Waals surface area (Å²) in [5.74, 6) is 0. The van der Waals surface area contributed by atoms with Crippen LogP contribution in [0.2, 0.25) is 0 Å². The zero-order valence-corrected chi connectivity index (χ0v) is 17.9. The summed E-state index contributed by atoms with van der Waals surface area (Å²) >= 11 is 0. The highest BCUT2D eigenvalue weighted by Crippen LogP contribution is 2.51. The van der Waals surface area contributed by atoms with E-state index in [4.69, 9.17) is 0 Å². The third-order valence-electron chi connectivity index (χ3n) is 5.37. The topological polar surface area (TPSA) is 71.5 Å². The molecule has 1 unspecified atom stereocenters. The summed E-state index contributed by atoms with van der Waals surface area (Å²) in [6.07, 6.45) is -0.0344. The van der Waals surface area contributed by atoms with Crippen molar-refractivity contribution in [3.63, 3.8) is 0 Å². The fraction of sp³-hybridized carbons (Fsp3) is 0.333. The molecule has 1 atom stereocenters. The molecule has 0 saturated carbocycles. The van der Waals surface area contributed by atoms with Crippen LogP contribution in [0.25, 0.3) is 0 Å². The Hall–Kier alpha value is -2.12. The van der Waals surface area contributed by atoms with E-state index in [0.717, 1.165) is 0 Å². The molecule has 0 heterocycles. The van der Waals surface area contributed by atoms with Crippen molar-refractivity contribution in [2.75, 3.05) is 13.1 Å². The zero-order valence-electron chi connectivity index (χ0n) is 16.3. The number of nitrogens with zero attached hydrogens (tertiary/aromatic N) is 1. The van der Waals surface area contributed by atoms with Crippen molar-refractivity contribution in [2.45, 2.75) is 41.7 Å². The monoisotopic (exact) mass is 419 g/mol. The van der Waals surface area contributed by atoms with E-state index in [1.807, 2.05) is 18.7 Å². The van der Waals surface area contributed by atoms with Gasteiger partial charge < -0.3 is 4.90 Å². The van der Waals surface area contributed by atoms with E-state index in [1.54, 1.807) is 67.6 Å². The summed E-state index contributed by atoms with van der Waals surface area (Å²) < 4.78 is 52.1. The molecule has 150 valence electrons. The quantitative estimate of drug-likeness (QED) is 0.685. The van der Waals surface area contributed by atoms with Gasteiger partial charge in [0.25, 0.3) is 0 Å². The van der Waals surface area contributed by atoms with Gasteiger partial charge in [-0.05, 0) is 45.0 Å². The van der Waals surface area contributed by atoms with Crippen molar-refractivity contribution in [1.29, 1.82) is 0 Å². The molecule has 0 fully saturated rings. The Morgan fingerprint density at radius 1 is 0.821 bits per heavy atom. The van der Waals surface area contributed by atoms with Gasteiger partial charge in [-0.3, -0.25) is 0 Å². The number of hydrogen-bond donors (Lipinski definition) is 0. The predicted molar refractivity (Wildman–Crippen MR) is 110 cm³/mol. The molecule has 0 aromatic heterocycles. The highest BCUT2D eigenvalue weighted by atomic mass is 32.2. The van der Waals surface area contributed by atoms with Crippen LogP contribution in [0.5, 0.6) is 0 Å². The van der Waals surface area contributed by atoms with E-state index < -0.39 is 24.4 Å². The molecule has 0 amide bonds. The van der Waals surface area contributed by atoms with Crippen molar-refractivity contribution in [2.24, 2.45) is 0 Å². The first-order chi connectivity index (χ1) is 13.2. The van der Waals surface area contributed by atoms with Gasteiger partial charge in [-0.15, -0.1) is 0 Å². The minimum atomic E-state index is -3.76. The fourth-order valence-corrected chi connectivity index (χ4v) is 7.68. The van der Waals surface area contributed by atoms with Gasteiger partial charge in [0, 0.05) is 19.5 Å². The minimum absolute atomic E-state index is 0.0344. The molecule has 1 aliphatic rings. The van der Waals surface area contributed by atoms with Gasteiger partial charge in [-0.2, -0.15) is 0 Å². The first-order valence-corrected chi connectivity index (χ1v) is 12.2. The molecule has 5 nitrogen and oxygen atoms in total. The molecule has 2 aromatic carbocycles. The summed E-state index contributed by atoms with van der Waals surface area (Å²) in [5.41, 5.74) is 0.394. The van der Waals surface area contributed by atoms with Gasteiger partial charge in [0.1, 0.15) is 4.75 Å². The summed E-state index contributed by atoms with van der Waals surface area (Å²) in [5, 5.41) is 0. The number of hydrogen-bond acceptors (Lipinski definition) is 5. The maximum absolute atomic E-state index is 13.4. The van der Waals surface area contributed by atoms with Crippen molar-refractivity contribution >= 4 is 19.7 Å². The van der Waals surface area contributed by atoms with Gasteiger partial charge in [-0.25, -0.2) is 16.8 Å². The molecule has 28 heavy (non-hydrogen) atoms. The summed E-state index contributed by atoms with van der Waals surface area (Å²) in [4.78, 5) is 2.44. The Labute approximate surface area is 167 Å². The maximum atomic E-state index is 13.4. The molecule has 7 heteroatoms. The average Bonchev–Trinajstić information content (AvgIpc) is 2.70. The Morgan fingerprint density at radius 2 is 1.29 bits per heavy atom. The molecule has 0 aliphatic heterocycles. The highest BCUT2D eigenvalue weighted by molar-refractivity contribution is 7.96. The smallest absolute Gasteiger partial charge is 0.204 e. The van der Waals surface area contributed by atoms with Gasteiger partial charge in [0.2, 0.25) is 9.84 Å². The highest BCUT2D eigenvalue weighted by Gasteiger charge is 2.56. The first kappa shape index (κ1) is 20.6. The van der Waals surface area contributed by atoms with Crippen molar-refractivity contribution < 1.29 is 16.8 Å². The van der Waals surface area contributed by atoms with Crippen LogP contribution in [-0.2, 0) is 19.7 Å². The van der Waals surface area contributed by atoms with E-state index in [1.165, 1.54) is 0 Å². The molecule has 3 rings (SSSR count). The second kappa shape index (κ2) is 7.37. The van der Waals surface area contributed by atoms with Crippen LogP contribution in [0.15, 0.2) is 81.1 Å². The second-order valence-electron chi connectivity index (χ2n) is 6.98. The molecule has 0 radical (unpaired) electrons. The summed E-state index contributed by atoms with van der Waals surface area (Å²) in [6, 6.07) is 16.4. The first-order valence-electron chi connectivity index (χ1n) is 9.28. The van der Waals surface area contributed by atoms with E-state index in [0.29, 0.717) is 18.8 Å². The Bertz CT molecular complexity index is 1090. The van der Waals surface area contributed by atoms with E-state index in [-0.39, 0.29) is 21.1 Å². The van der Waals surface area contributed by atoms with Crippen LogP contribution in [0, 0.1) is 0 Å². The predicted octanol–water partition coefficient (Wildman–Crippen LogP) is 3.65. The average molecular weight is 420 g/mol. The molecule has 2 aromatic rings. The normalized spacial score (nSPS) is 20.0. The standard InChI is InChI=1S/C21H25NO4S2/c1-4-22(5-2)20-19(27(23,24)17-12-8-6-9-13-17)16-21(20,3)28(25,26)18-14-10-7-11-15-18/h6-15H,4-5,16H2,1-3H3. The summed E-state index contributed by atoms with van der Waals surface area (Å²) in [6.45, 7) is 6.49. The van der Waals surface area contributed by atoms with Gasteiger partial charge in [0.05, 0.1) is 20.4 Å². The molecule has 1 aliphatic carbocycles. The lowest BCUT2D eigenvalue weighted by atomic mass is 9.89. The molecular weight excluding hydrogens is 394 g/mol. The number of benzene rings is 2. The zero-order chi connectivity index (χ0) is 20.6. The number of sulfone groups is 2. The number of rotatable bonds is 7. The van der Waals surface area contributed by atoms with Crippen molar-refractivity contribution in [1.82, 2.24) is 4.90 Å². The van der Waals surface area contributed by atoms with Crippen LogP contribution in [-0.4, -0.2) is 39.6 Å². The van der Waals surface area contributed by atoms with Gasteiger partial charge in [0.15, 0.2) is 9.84 Å². The van der Waals surface area contributed by atoms with Gasteiger partial charge in [-0.1, -0.05) is 36.4 Å². The van der Waals surface area contributed by atoms with E-state index in [9.17, 15) is 16.8 Å². The lowest BCUT2D eigenvalue weighted by Crippen LogP contribution is -2.53. The lowest BCUT2D eigenvalue weighted by molar-refractivity contribution is 0.314. The third kappa shape index (κ3) is 3.06. The third-order valence-corrected chi connectivity index (χ3v) is 9.66. The van der Waals surface area contributed by atoms with E-state index in [2.05, 4.69) is 0 Å². The summed E-state index contributed by atoms with van der Waals surface area (Å²) in [7, 11) is -7.51. The molecule has 0 saturated heterocycles. The lowest BCUT2D eigenvalue weighted by Gasteiger charge is -2.47. The van der Waals surface area contributed by atoms with Crippen LogP contribution >= 0.6 is 0 Å². The van der Waals surface area contributed by atoms with E-state index >= 15 is 0 Å². The maximum Gasteiger partial charge on any atom is 0.204 e.